The second kappa shape index (κ2) is 5.37. The standard InChI is InChI=1S/C17H18N2O/c1-2-3-12-19-15-10-6-5-9-14(15)18-17(19)13-8-4-7-11-16(13)20/h4-11,20H,2-3,12H2,1H3. The van der Waals surface area contributed by atoms with Crippen LogP contribution in [0.3, 0.4) is 0 Å². The van der Waals surface area contributed by atoms with E-state index >= 15 is 0 Å². The summed E-state index contributed by atoms with van der Waals surface area (Å²) in [7, 11) is 0. The van der Waals surface area contributed by atoms with Crippen LogP contribution in [0.15, 0.2) is 48.5 Å². The Morgan fingerprint density at radius 2 is 1.80 bits per heavy atom. The summed E-state index contributed by atoms with van der Waals surface area (Å²) in [6.45, 7) is 3.10. The van der Waals surface area contributed by atoms with Gasteiger partial charge in [-0.05, 0) is 30.7 Å². The Labute approximate surface area is 118 Å². The molecule has 102 valence electrons. The van der Waals surface area contributed by atoms with Crippen LogP contribution in [-0.2, 0) is 6.54 Å². The van der Waals surface area contributed by atoms with E-state index in [1.165, 1.54) is 0 Å². The summed E-state index contributed by atoms with van der Waals surface area (Å²) in [5.41, 5.74) is 2.89. The summed E-state index contributed by atoms with van der Waals surface area (Å²) >= 11 is 0. The zero-order valence-electron chi connectivity index (χ0n) is 11.6. The third kappa shape index (κ3) is 2.16. The lowest BCUT2D eigenvalue weighted by molar-refractivity contribution is 0.476. The lowest BCUT2D eigenvalue weighted by Gasteiger charge is -2.09. The smallest absolute Gasteiger partial charge is 0.144 e. The molecule has 0 spiro atoms. The molecule has 2 aromatic carbocycles. The average molecular weight is 266 g/mol. The number of benzene rings is 2. The average Bonchev–Trinajstić information content (AvgIpc) is 2.84. The molecule has 0 unspecified atom stereocenters. The molecule has 1 aromatic heterocycles. The Hall–Kier alpha value is -2.29. The second-order valence-corrected chi connectivity index (χ2v) is 4.95. The van der Waals surface area contributed by atoms with Crippen LogP contribution in [0.5, 0.6) is 5.75 Å². The van der Waals surface area contributed by atoms with Gasteiger partial charge in [0.15, 0.2) is 0 Å². The van der Waals surface area contributed by atoms with Gasteiger partial charge in [-0.25, -0.2) is 4.98 Å². The number of nitrogens with zero attached hydrogens (tertiary/aromatic N) is 2. The maximum atomic E-state index is 10.1. The zero-order chi connectivity index (χ0) is 13.9. The van der Waals surface area contributed by atoms with Crippen LogP contribution >= 0.6 is 0 Å². The third-order valence-corrected chi connectivity index (χ3v) is 3.53. The van der Waals surface area contributed by atoms with Crippen molar-refractivity contribution in [1.82, 2.24) is 9.55 Å². The minimum absolute atomic E-state index is 0.278. The fourth-order valence-electron chi connectivity index (χ4n) is 2.49. The highest BCUT2D eigenvalue weighted by atomic mass is 16.3. The van der Waals surface area contributed by atoms with Crippen LogP contribution in [0.25, 0.3) is 22.4 Å². The molecule has 3 nitrogen and oxygen atoms in total. The number of aryl methyl sites for hydroxylation is 1. The number of unbranched alkanes of at least 4 members (excludes halogenated alkanes) is 1. The van der Waals surface area contributed by atoms with Crippen molar-refractivity contribution in [1.29, 1.82) is 0 Å². The second-order valence-electron chi connectivity index (χ2n) is 4.95. The molecule has 0 aliphatic rings. The third-order valence-electron chi connectivity index (χ3n) is 3.53. The largest absolute Gasteiger partial charge is 0.507 e. The summed E-state index contributed by atoms with van der Waals surface area (Å²) in [6.07, 6.45) is 2.23. The van der Waals surface area contributed by atoms with E-state index in [0.717, 1.165) is 41.8 Å². The van der Waals surface area contributed by atoms with Crippen LogP contribution in [0.2, 0.25) is 0 Å². The minimum atomic E-state index is 0.278. The molecule has 0 bridgehead atoms. The van der Waals surface area contributed by atoms with Crippen molar-refractivity contribution in [2.24, 2.45) is 0 Å². The zero-order valence-corrected chi connectivity index (χ0v) is 11.6. The maximum Gasteiger partial charge on any atom is 0.144 e. The van der Waals surface area contributed by atoms with Crippen molar-refractivity contribution in [3.63, 3.8) is 0 Å². The first-order valence-corrected chi connectivity index (χ1v) is 7.05. The number of hydrogen-bond donors (Lipinski definition) is 1. The summed E-state index contributed by atoms with van der Waals surface area (Å²) in [5, 5.41) is 10.1. The number of aromatic hydroxyl groups is 1. The number of imidazole rings is 1. The summed E-state index contributed by atoms with van der Waals surface area (Å²) in [6, 6.07) is 15.5. The van der Waals surface area contributed by atoms with Gasteiger partial charge in [0, 0.05) is 6.54 Å². The molecule has 0 atom stereocenters. The van der Waals surface area contributed by atoms with Crippen LogP contribution in [-0.4, -0.2) is 14.7 Å². The number of phenolic OH excluding ortho intramolecular Hbond substituents is 1. The predicted molar refractivity (Wildman–Crippen MR) is 81.7 cm³/mol. The Morgan fingerprint density at radius 1 is 1.05 bits per heavy atom. The molecule has 0 aliphatic carbocycles. The van der Waals surface area contributed by atoms with Crippen molar-refractivity contribution >= 4 is 11.0 Å². The molecular formula is C17H18N2O. The first-order valence-electron chi connectivity index (χ1n) is 7.05. The molecule has 0 saturated carbocycles. The van der Waals surface area contributed by atoms with Gasteiger partial charge in [-0.2, -0.15) is 0 Å². The molecule has 0 aliphatic heterocycles. The first kappa shape index (κ1) is 12.7. The molecule has 0 amide bonds. The van der Waals surface area contributed by atoms with Crippen molar-refractivity contribution in [3.05, 3.63) is 48.5 Å². The minimum Gasteiger partial charge on any atom is -0.507 e. The fourth-order valence-corrected chi connectivity index (χ4v) is 2.49. The van der Waals surface area contributed by atoms with E-state index in [0.29, 0.717) is 0 Å². The highest BCUT2D eigenvalue weighted by Crippen LogP contribution is 2.31. The Morgan fingerprint density at radius 3 is 2.60 bits per heavy atom. The van der Waals surface area contributed by atoms with E-state index in [4.69, 9.17) is 4.98 Å². The molecule has 0 fully saturated rings. The van der Waals surface area contributed by atoms with Crippen molar-refractivity contribution in [3.8, 4) is 17.1 Å². The lowest BCUT2D eigenvalue weighted by Crippen LogP contribution is -2.00. The number of phenols is 1. The van der Waals surface area contributed by atoms with Gasteiger partial charge >= 0.3 is 0 Å². The quantitative estimate of drug-likeness (QED) is 0.768. The Bertz CT molecular complexity index is 731. The Balaban J connectivity index is 2.21. The molecule has 3 aromatic rings. The molecule has 1 N–H and O–H groups in total. The van der Waals surface area contributed by atoms with E-state index in [1.807, 2.05) is 36.4 Å². The molecule has 1 heterocycles. The number of hydrogen-bond acceptors (Lipinski definition) is 2. The highest BCUT2D eigenvalue weighted by molar-refractivity contribution is 5.81. The van der Waals surface area contributed by atoms with Gasteiger partial charge < -0.3 is 9.67 Å². The normalized spacial score (nSPS) is 11.1. The molecule has 0 saturated heterocycles. The van der Waals surface area contributed by atoms with Crippen LogP contribution < -0.4 is 0 Å². The fraction of sp³-hybridized carbons (Fsp3) is 0.235. The van der Waals surface area contributed by atoms with E-state index in [-0.39, 0.29) is 5.75 Å². The molecule has 0 radical (unpaired) electrons. The summed E-state index contributed by atoms with van der Waals surface area (Å²) in [4.78, 5) is 4.70. The lowest BCUT2D eigenvalue weighted by atomic mass is 10.2. The van der Waals surface area contributed by atoms with Crippen molar-refractivity contribution in [2.45, 2.75) is 26.3 Å². The van der Waals surface area contributed by atoms with E-state index in [9.17, 15) is 5.11 Å². The SMILES string of the molecule is CCCCn1c(-c2ccccc2O)nc2ccccc21. The van der Waals surface area contributed by atoms with E-state index < -0.39 is 0 Å². The van der Waals surface area contributed by atoms with Gasteiger partial charge in [-0.15, -0.1) is 0 Å². The number of aromatic nitrogens is 2. The number of rotatable bonds is 4. The van der Waals surface area contributed by atoms with E-state index in [2.05, 4.69) is 17.6 Å². The van der Waals surface area contributed by atoms with Gasteiger partial charge in [-0.1, -0.05) is 37.6 Å². The number of fused-ring (bicyclic) bond motifs is 1. The predicted octanol–water partition coefficient (Wildman–Crippen LogP) is 4.21. The van der Waals surface area contributed by atoms with Crippen LogP contribution in [0, 0.1) is 0 Å². The van der Waals surface area contributed by atoms with Gasteiger partial charge in [0.25, 0.3) is 0 Å². The molecular weight excluding hydrogens is 248 g/mol. The van der Waals surface area contributed by atoms with Gasteiger partial charge in [-0.3, -0.25) is 0 Å². The maximum absolute atomic E-state index is 10.1. The van der Waals surface area contributed by atoms with Crippen molar-refractivity contribution < 1.29 is 5.11 Å². The highest BCUT2D eigenvalue weighted by Gasteiger charge is 2.14. The van der Waals surface area contributed by atoms with Gasteiger partial charge in [0.1, 0.15) is 11.6 Å². The van der Waals surface area contributed by atoms with Gasteiger partial charge in [0.2, 0.25) is 0 Å². The summed E-state index contributed by atoms with van der Waals surface area (Å²) < 4.78 is 2.20. The van der Waals surface area contributed by atoms with Crippen LogP contribution in [0.1, 0.15) is 19.8 Å². The topological polar surface area (TPSA) is 38.0 Å². The molecule has 20 heavy (non-hydrogen) atoms. The van der Waals surface area contributed by atoms with E-state index in [1.54, 1.807) is 6.07 Å². The number of para-hydroxylation sites is 3. The van der Waals surface area contributed by atoms with Crippen LogP contribution in [0.4, 0.5) is 0 Å². The van der Waals surface area contributed by atoms with Gasteiger partial charge in [0.05, 0.1) is 16.6 Å². The monoisotopic (exact) mass is 266 g/mol. The Kier molecular flexibility index (Phi) is 3.42. The summed E-state index contributed by atoms with van der Waals surface area (Å²) in [5.74, 6) is 1.12. The molecule has 3 rings (SSSR count). The molecule has 3 heteroatoms. The van der Waals surface area contributed by atoms with Crippen molar-refractivity contribution in [2.75, 3.05) is 0 Å². The first-order chi connectivity index (χ1) is 9.81.